The second-order valence-electron chi connectivity index (χ2n) is 4.60. The van der Waals surface area contributed by atoms with Crippen LogP contribution in [-0.2, 0) is 19.6 Å². The molecule has 0 aromatic heterocycles. The van der Waals surface area contributed by atoms with Gasteiger partial charge in [0.1, 0.15) is 0 Å². The first-order valence-electron chi connectivity index (χ1n) is 6.50. The zero-order chi connectivity index (χ0) is 16.2. The summed E-state index contributed by atoms with van der Waals surface area (Å²) < 4.78 is 25.8. The molecular weight excluding hydrogens is 300 g/mol. The molecular formula is C16H16N2O3S. The lowest BCUT2D eigenvalue weighted by molar-refractivity contribution is -0.119. The summed E-state index contributed by atoms with van der Waals surface area (Å²) in [4.78, 5) is 12.3. The molecule has 0 unspecified atom stereocenters. The van der Waals surface area contributed by atoms with Gasteiger partial charge in [-0.05, 0) is 11.1 Å². The van der Waals surface area contributed by atoms with Crippen LogP contribution in [0.2, 0.25) is 0 Å². The van der Waals surface area contributed by atoms with Gasteiger partial charge in [0.05, 0.1) is 0 Å². The molecule has 2 rings (SSSR count). The molecule has 0 aliphatic heterocycles. The molecule has 0 radical (unpaired) electrons. The van der Waals surface area contributed by atoms with E-state index in [1.54, 1.807) is 60.7 Å². The Morgan fingerprint density at radius 1 is 1.00 bits per heavy atom. The quantitative estimate of drug-likeness (QED) is 0.846. The van der Waals surface area contributed by atoms with Crippen LogP contribution in [0.3, 0.4) is 0 Å². The van der Waals surface area contributed by atoms with Gasteiger partial charge in [-0.1, -0.05) is 67.2 Å². The minimum Gasteiger partial charge on any atom is -0.368 e. The molecule has 0 aliphatic rings. The Labute approximate surface area is 129 Å². The molecule has 2 aromatic carbocycles. The average Bonchev–Trinajstić information content (AvgIpc) is 2.49. The van der Waals surface area contributed by atoms with Crippen molar-refractivity contribution in [2.45, 2.75) is 4.75 Å². The maximum atomic E-state index is 12.8. The number of carbonyl (C=O) groups excluding carboxylic acids is 1. The van der Waals surface area contributed by atoms with Crippen molar-refractivity contribution < 1.29 is 13.2 Å². The molecule has 0 bridgehead atoms. The number of rotatable bonds is 6. The average molecular weight is 316 g/mol. The highest BCUT2D eigenvalue weighted by atomic mass is 32.2. The molecule has 0 heterocycles. The number of nitrogens with one attached hydrogen (secondary N) is 1. The molecule has 2 aromatic rings. The van der Waals surface area contributed by atoms with E-state index < -0.39 is 20.7 Å². The summed E-state index contributed by atoms with van der Waals surface area (Å²) in [5, 5.41) is 0. The standard InChI is InChI=1S/C16H16N2O3S/c1-2-18-22(20,21)16(15(17)19,13-9-5-3-6-10-13)14-11-7-4-8-12-14/h2-12,18H,1H2,(H2,17,19). The van der Waals surface area contributed by atoms with Crippen molar-refractivity contribution in [3.8, 4) is 0 Å². The zero-order valence-electron chi connectivity index (χ0n) is 11.8. The van der Waals surface area contributed by atoms with Crippen molar-refractivity contribution in [3.05, 3.63) is 84.6 Å². The molecule has 5 nitrogen and oxygen atoms in total. The predicted molar refractivity (Wildman–Crippen MR) is 85.1 cm³/mol. The monoisotopic (exact) mass is 316 g/mol. The number of hydrogen-bond acceptors (Lipinski definition) is 3. The maximum absolute atomic E-state index is 12.8. The molecule has 0 saturated heterocycles. The Morgan fingerprint density at radius 2 is 1.41 bits per heavy atom. The van der Waals surface area contributed by atoms with E-state index in [4.69, 9.17) is 5.73 Å². The molecule has 0 spiro atoms. The Balaban J connectivity index is 2.90. The van der Waals surface area contributed by atoms with Crippen LogP contribution in [0.4, 0.5) is 0 Å². The van der Waals surface area contributed by atoms with Crippen LogP contribution in [-0.4, -0.2) is 14.3 Å². The fourth-order valence-corrected chi connectivity index (χ4v) is 3.99. The lowest BCUT2D eigenvalue weighted by Gasteiger charge is -2.30. The highest BCUT2D eigenvalue weighted by molar-refractivity contribution is 7.91. The number of nitrogens with two attached hydrogens (primary N) is 1. The second-order valence-corrected chi connectivity index (χ2v) is 6.46. The minimum atomic E-state index is -4.18. The molecule has 0 atom stereocenters. The third kappa shape index (κ3) is 2.37. The van der Waals surface area contributed by atoms with Gasteiger partial charge in [-0.3, -0.25) is 9.52 Å². The Morgan fingerprint density at radius 3 is 1.73 bits per heavy atom. The van der Waals surface area contributed by atoms with Crippen molar-refractivity contribution in [1.82, 2.24) is 4.72 Å². The van der Waals surface area contributed by atoms with Gasteiger partial charge in [-0.15, -0.1) is 0 Å². The third-order valence-electron chi connectivity index (χ3n) is 3.35. The molecule has 114 valence electrons. The topological polar surface area (TPSA) is 89.3 Å². The van der Waals surface area contributed by atoms with E-state index in [9.17, 15) is 13.2 Å². The van der Waals surface area contributed by atoms with Crippen LogP contribution < -0.4 is 10.5 Å². The van der Waals surface area contributed by atoms with Crippen LogP contribution in [0.25, 0.3) is 0 Å². The van der Waals surface area contributed by atoms with Crippen LogP contribution >= 0.6 is 0 Å². The second kappa shape index (κ2) is 6.03. The maximum Gasteiger partial charge on any atom is 0.255 e. The Bertz CT molecular complexity index is 732. The van der Waals surface area contributed by atoms with Crippen LogP contribution in [0.5, 0.6) is 0 Å². The summed E-state index contributed by atoms with van der Waals surface area (Å²) in [6, 6.07) is 16.3. The fourth-order valence-electron chi connectivity index (χ4n) is 2.44. The first-order chi connectivity index (χ1) is 10.5. The van der Waals surface area contributed by atoms with E-state index in [-0.39, 0.29) is 11.1 Å². The molecule has 22 heavy (non-hydrogen) atoms. The Hall–Kier alpha value is -2.60. The summed E-state index contributed by atoms with van der Waals surface area (Å²) in [6.45, 7) is 3.36. The van der Waals surface area contributed by atoms with Crippen LogP contribution in [0.15, 0.2) is 73.4 Å². The summed E-state index contributed by atoms with van der Waals surface area (Å²) >= 11 is 0. The highest BCUT2D eigenvalue weighted by Gasteiger charge is 2.52. The first kappa shape index (κ1) is 15.8. The SMILES string of the molecule is C=CNS(=O)(=O)C(C(N)=O)(c1ccccc1)c1ccccc1. The number of amides is 1. The van der Waals surface area contributed by atoms with Gasteiger partial charge in [-0.2, -0.15) is 0 Å². The molecule has 3 N–H and O–H groups in total. The van der Waals surface area contributed by atoms with Gasteiger partial charge in [0.15, 0.2) is 0 Å². The van der Waals surface area contributed by atoms with Crippen molar-refractivity contribution in [3.63, 3.8) is 0 Å². The molecule has 6 heteroatoms. The van der Waals surface area contributed by atoms with Gasteiger partial charge in [0.2, 0.25) is 10.7 Å². The number of primary amides is 1. The molecule has 0 fully saturated rings. The Kier molecular flexibility index (Phi) is 4.32. The van der Waals surface area contributed by atoms with Crippen molar-refractivity contribution in [1.29, 1.82) is 0 Å². The first-order valence-corrected chi connectivity index (χ1v) is 7.99. The molecule has 1 amide bonds. The molecule has 0 saturated carbocycles. The summed E-state index contributed by atoms with van der Waals surface area (Å²) in [7, 11) is -4.18. The number of sulfonamides is 1. The lowest BCUT2D eigenvalue weighted by atomic mass is 9.89. The van der Waals surface area contributed by atoms with Gasteiger partial charge in [0.25, 0.3) is 10.0 Å². The van der Waals surface area contributed by atoms with Crippen molar-refractivity contribution in [2.75, 3.05) is 0 Å². The van der Waals surface area contributed by atoms with E-state index in [0.29, 0.717) is 0 Å². The van der Waals surface area contributed by atoms with E-state index >= 15 is 0 Å². The number of hydrogen-bond donors (Lipinski definition) is 2. The lowest BCUT2D eigenvalue weighted by Crippen LogP contribution is -2.52. The highest BCUT2D eigenvalue weighted by Crippen LogP contribution is 2.37. The van der Waals surface area contributed by atoms with E-state index in [1.807, 2.05) is 0 Å². The number of carbonyl (C=O) groups is 1. The van der Waals surface area contributed by atoms with Crippen LogP contribution in [0, 0.1) is 0 Å². The van der Waals surface area contributed by atoms with Crippen molar-refractivity contribution in [2.24, 2.45) is 5.73 Å². The van der Waals surface area contributed by atoms with E-state index in [0.717, 1.165) is 6.20 Å². The normalized spacial score (nSPS) is 11.6. The fraction of sp³-hybridized carbons (Fsp3) is 0.0625. The van der Waals surface area contributed by atoms with Crippen molar-refractivity contribution >= 4 is 15.9 Å². The summed E-state index contributed by atoms with van der Waals surface area (Å²) in [5.74, 6) is -0.987. The smallest absolute Gasteiger partial charge is 0.255 e. The largest absolute Gasteiger partial charge is 0.368 e. The van der Waals surface area contributed by atoms with Gasteiger partial charge in [0, 0.05) is 6.20 Å². The van der Waals surface area contributed by atoms with Crippen LogP contribution in [0.1, 0.15) is 11.1 Å². The zero-order valence-corrected chi connectivity index (χ0v) is 12.6. The minimum absolute atomic E-state index is 0.267. The van der Waals surface area contributed by atoms with Gasteiger partial charge in [-0.25, -0.2) is 8.42 Å². The van der Waals surface area contributed by atoms with E-state index in [1.165, 1.54) is 0 Å². The summed E-state index contributed by atoms with van der Waals surface area (Å²) in [6.07, 6.45) is 1.01. The van der Waals surface area contributed by atoms with E-state index in [2.05, 4.69) is 11.3 Å². The van der Waals surface area contributed by atoms with Gasteiger partial charge >= 0.3 is 0 Å². The predicted octanol–water partition coefficient (Wildman–Crippen LogP) is 1.48. The summed E-state index contributed by atoms with van der Waals surface area (Å²) in [5.41, 5.74) is 6.09. The third-order valence-corrected chi connectivity index (χ3v) is 5.30. The number of benzene rings is 2. The molecule has 0 aliphatic carbocycles. The van der Waals surface area contributed by atoms with Gasteiger partial charge < -0.3 is 5.73 Å².